The maximum Gasteiger partial charge on any atom is 0.322 e. The van der Waals surface area contributed by atoms with Crippen LogP contribution in [0.2, 0.25) is 0 Å². The van der Waals surface area contributed by atoms with Crippen LogP contribution in [0.25, 0.3) is 10.9 Å². The van der Waals surface area contributed by atoms with Crippen LogP contribution in [-0.4, -0.2) is 83.0 Å². The molecule has 0 fully saturated rings. The molecule has 208 valence electrons. The quantitative estimate of drug-likeness (QED) is 0.0730. The fourth-order valence-electron chi connectivity index (χ4n) is 3.72. The monoisotopic (exact) mass is 548 g/mol. The first-order valence-corrected chi connectivity index (χ1v) is 13.5. The van der Waals surface area contributed by atoms with E-state index in [9.17, 15) is 19.2 Å². The molecule has 3 amide bonds. The van der Waals surface area contributed by atoms with E-state index in [1.807, 2.05) is 30.5 Å². The van der Waals surface area contributed by atoms with Crippen LogP contribution in [-0.2, 0) is 25.6 Å². The smallest absolute Gasteiger partial charge is 0.322 e. The number of fused-ring (bicyclic) bond motifs is 1. The minimum Gasteiger partial charge on any atom is -0.480 e. The van der Waals surface area contributed by atoms with E-state index in [0.29, 0.717) is 18.7 Å². The molecule has 3 unspecified atom stereocenters. The van der Waals surface area contributed by atoms with Crippen LogP contribution in [0.1, 0.15) is 24.8 Å². The number of aromatic nitrogens is 1. The Kier molecular flexibility index (Phi) is 12.4. The second kappa shape index (κ2) is 15.5. The van der Waals surface area contributed by atoms with Gasteiger partial charge in [0.2, 0.25) is 17.7 Å². The lowest BCUT2D eigenvalue weighted by Gasteiger charge is -2.24. The summed E-state index contributed by atoms with van der Waals surface area (Å²) >= 11 is 1.48. The molecule has 0 saturated heterocycles. The lowest BCUT2D eigenvalue weighted by molar-refractivity contribution is -0.138. The van der Waals surface area contributed by atoms with E-state index in [0.717, 1.165) is 16.5 Å². The zero-order valence-electron chi connectivity index (χ0n) is 21.2. The zero-order valence-corrected chi connectivity index (χ0v) is 22.1. The second-order valence-electron chi connectivity index (χ2n) is 8.63. The molecule has 0 spiro atoms. The molecule has 14 heteroatoms. The number of carbonyl (C=O) groups excluding carboxylic acids is 3. The summed E-state index contributed by atoms with van der Waals surface area (Å²) in [6, 6.07) is 4.60. The number of H-pyrrole nitrogens is 1. The number of nitrogens with zero attached hydrogens (tertiary/aromatic N) is 1. The number of hydrogen-bond donors (Lipinski definition) is 8. The fraction of sp³-hybridized carbons (Fsp3) is 0.458. The van der Waals surface area contributed by atoms with Crippen molar-refractivity contribution in [3.63, 3.8) is 0 Å². The van der Waals surface area contributed by atoms with Crippen LogP contribution >= 0.6 is 11.8 Å². The normalized spacial score (nSPS) is 13.2. The van der Waals surface area contributed by atoms with Crippen molar-refractivity contribution in [3.8, 4) is 0 Å². The molecule has 2 aromatic rings. The van der Waals surface area contributed by atoms with Gasteiger partial charge in [-0.3, -0.25) is 24.2 Å². The highest BCUT2D eigenvalue weighted by molar-refractivity contribution is 7.98. The molecule has 0 aliphatic rings. The van der Waals surface area contributed by atoms with Crippen molar-refractivity contribution in [1.29, 1.82) is 0 Å². The van der Waals surface area contributed by atoms with Gasteiger partial charge in [-0.15, -0.1) is 0 Å². The third-order valence-electron chi connectivity index (χ3n) is 5.69. The number of amides is 3. The van der Waals surface area contributed by atoms with Gasteiger partial charge in [-0.1, -0.05) is 18.2 Å². The summed E-state index contributed by atoms with van der Waals surface area (Å²) in [5.41, 5.74) is 18.3. The Morgan fingerprint density at radius 2 is 1.76 bits per heavy atom. The Balaban J connectivity index is 2.20. The van der Waals surface area contributed by atoms with Gasteiger partial charge in [0, 0.05) is 30.1 Å². The van der Waals surface area contributed by atoms with E-state index in [1.165, 1.54) is 11.8 Å². The molecule has 0 radical (unpaired) electrons. The lowest BCUT2D eigenvalue weighted by atomic mass is 10.0. The fourth-order valence-corrected chi connectivity index (χ4v) is 4.19. The van der Waals surface area contributed by atoms with Crippen molar-refractivity contribution in [2.24, 2.45) is 22.2 Å². The number of carboxylic acid groups (broad SMARTS) is 1. The largest absolute Gasteiger partial charge is 0.480 e. The maximum absolute atomic E-state index is 13.4. The number of aliphatic imine (C=N–C) groups is 1. The van der Waals surface area contributed by atoms with Gasteiger partial charge in [-0.2, -0.15) is 11.8 Å². The maximum atomic E-state index is 13.4. The van der Waals surface area contributed by atoms with Crippen molar-refractivity contribution in [1.82, 2.24) is 20.9 Å². The average Bonchev–Trinajstić information content (AvgIpc) is 3.29. The first-order chi connectivity index (χ1) is 18.1. The van der Waals surface area contributed by atoms with E-state index >= 15 is 0 Å². The Bertz CT molecular complexity index is 1130. The number of nitrogens with two attached hydrogens (primary N) is 3. The van der Waals surface area contributed by atoms with Crippen LogP contribution in [0.5, 0.6) is 0 Å². The third-order valence-corrected chi connectivity index (χ3v) is 6.34. The van der Waals surface area contributed by atoms with Gasteiger partial charge in [0.15, 0.2) is 5.96 Å². The molecule has 2 rings (SSSR count). The van der Waals surface area contributed by atoms with E-state index in [2.05, 4.69) is 25.9 Å². The van der Waals surface area contributed by atoms with Crippen LogP contribution in [0.3, 0.4) is 0 Å². The van der Waals surface area contributed by atoms with Gasteiger partial charge >= 0.3 is 5.97 Å². The molecule has 0 aliphatic carbocycles. The molecule has 0 bridgehead atoms. The van der Waals surface area contributed by atoms with Crippen molar-refractivity contribution >= 4 is 52.3 Å². The third kappa shape index (κ3) is 9.94. The number of rotatable bonds is 16. The first kappa shape index (κ1) is 30.4. The van der Waals surface area contributed by atoms with Gasteiger partial charge in [0.1, 0.15) is 18.6 Å². The number of carboxylic acids is 1. The van der Waals surface area contributed by atoms with Gasteiger partial charge in [-0.25, -0.2) is 0 Å². The van der Waals surface area contributed by atoms with Crippen LogP contribution in [0.15, 0.2) is 35.5 Å². The first-order valence-electron chi connectivity index (χ1n) is 12.1. The number of thioether (sulfide) groups is 1. The minimum atomic E-state index is -1.20. The molecule has 0 aliphatic heterocycles. The number of para-hydroxylation sites is 1. The number of nitrogens with one attached hydrogen (secondary N) is 4. The molecule has 1 aromatic heterocycles. The Hall–Kier alpha value is -3.78. The topological polar surface area (TPSA) is 231 Å². The number of aliphatic carboxylic acids is 1. The van der Waals surface area contributed by atoms with E-state index in [-0.39, 0.29) is 25.2 Å². The summed E-state index contributed by atoms with van der Waals surface area (Å²) in [6.07, 6.45) is 4.77. The molecule has 0 saturated carbocycles. The predicted molar refractivity (Wildman–Crippen MR) is 147 cm³/mol. The van der Waals surface area contributed by atoms with E-state index < -0.39 is 48.4 Å². The van der Waals surface area contributed by atoms with Gasteiger partial charge < -0.3 is 43.2 Å². The van der Waals surface area contributed by atoms with Crippen LogP contribution < -0.4 is 33.2 Å². The minimum absolute atomic E-state index is 0.0538. The number of benzene rings is 1. The molecule has 1 aromatic carbocycles. The molecule has 38 heavy (non-hydrogen) atoms. The number of carbonyl (C=O) groups is 4. The van der Waals surface area contributed by atoms with Gasteiger partial charge in [-0.05, 0) is 42.9 Å². The van der Waals surface area contributed by atoms with Crippen LogP contribution in [0.4, 0.5) is 0 Å². The van der Waals surface area contributed by atoms with Gasteiger partial charge in [0.25, 0.3) is 0 Å². The highest BCUT2D eigenvalue weighted by atomic mass is 32.2. The summed E-state index contributed by atoms with van der Waals surface area (Å²) in [5, 5.41) is 17.5. The standard InChI is InChI=1S/C24H36N8O5S/c1-38-10-8-18(22(36)30-13-20(33)34)31-23(37)19(11-14-12-29-17-7-3-2-5-15(14)17)32-21(35)16(25)6-4-9-28-24(26)27/h2-3,5,7,12,16,18-19,29H,4,6,8-11,13,25H2,1H3,(H,30,36)(H,31,37)(H,32,35)(H,33,34)(H4,26,27,28). The van der Waals surface area contributed by atoms with Crippen molar-refractivity contribution < 1.29 is 24.3 Å². The van der Waals surface area contributed by atoms with Gasteiger partial charge in [0.05, 0.1) is 6.04 Å². The Morgan fingerprint density at radius 3 is 2.45 bits per heavy atom. The lowest BCUT2D eigenvalue weighted by Crippen LogP contribution is -2.56. The number of hydrogen-bond acceptors (Lipinski definition) is 7. The highest BCUT2D eigenvalue weighted by Gasteiger charge is 2.29. The second-order valence-corrected chi connectivity index (χ2v) is 9.62. The van der Waals surface area contributed by atoms with Crippen molar-refractivity contribution in [2.75, 3.05) is 25.1 Å². The van der Waals surface area contributed by atoms with E-state index in [4.69, 9.17) is 22.3 Å². The van der Waals surface area contributed by atoms with E-state index in [1.54, 1.807) is 6.20 Å². The Morgan fingerprint density at radius 1 is 1.05 bits per heavy atom. The predicted octanol–water partition coefficient (Wildman–Crippen LogP) is -0.985. The molecular formula is C24H36N8O5S. The SMILES string of the molecule is CSCCC(NC(=O)C(Cc1c[nH]c2ccccc12)NC(=O)C(N)CCCN=C(N)N)C(=O)NCC(=O)O. The molecule has 11 N–H and O–H groups in total. The van der Waals surface area contributed by atoms with Crippen LogP contribution in [0, 0.1) is 0 Å². The summed E-state index contributed by atoms with van der Waals surface area (Å²) < 4.78 is 0. The zero-order chi connectivity index (χ0) is 28.1. The highest BCUT2D eigenvalue weighted by Crippen LogP contribution is 2.19. The summed E-state index contributed by atoms with van der Waals surface area (Å²) in [4.78, 5) is 56.8. The molecular weight excluding hydrogens is 512 g/mol. The van der Waals surface area contributed by atoms with Crippen molar-refractivity contribution in [3.05, 3.63) is 36.0 Å². The average molecular weight is 549 g/mol. The summed E-state index contributed by atoms with van der Waals surface area (Å²) in [5.74, 6) is -2.46. The van der Waals surface area contributed by atoms with Crippen molar-refractivity contribution in [2.45, 2.75) is 43.8 Å². The molecule has 13 nitrogen and oxygen atoms in total. The summed E-state index contributed by atoms with van der Waals surface area (Å²) in [6.45, 7) is -0.264. The molecule has 3 atom stereocenters. The number of aromatic amines is 1. The summed E-state index contributed by atoms with van der Waals surface area (Å²) in [7, 11) is 0. The molecule has 1 heterocycles. The Labute approximate surface area is 224 Å². The number of guanidine groups is 1.